The van der Waals surface area contributed by atoms with Gasteiger partial charge in [-0.15, -0.1) is 0 Å². The van der Waals surface area contributed by atoms with E-state index in [0.29, 0.717) is 0 Å². The fourth-order valence-corrected chi connectivity index (χ4v) is 1.19. The zero-order valence-electron chi connectivity index (χ0n) is 7.76. The highest BCUT2D eigenvalue weighted by Gasteiger charge is 1.92. The van der Waals surface area contributed by atoms with E-state index in [0.717, 1.165) is 30.3 Å². The van der Waals surface area contributed by atoms with Gasteiger partial charge in [0.15, 0.2) is 0 Å². The first-order chi connectivity index (χ1) is 6.36. The van der Waals surface area contributed by atoms with Crippen molar-refractivity contribution in [2.75, 3.05) is 5.33 Å². The molecule has 0 spiro atoms. The van der Waals surface area contributed by atoms with Gasteiger partial charge in [0.05, 0.1) is 11.8 Å². The molecule has 1 aromatic heterocycles. The van der Waals surface area contributed by atoms with Crippen molar-refractivity contribution in [1.29, 1.82) is 0 Å². The summed E-state index contributed by atoms with van der Waals surface area (Å²) in [5, 5.41) is 5.12. The fraction of sp³-hybridized carbons (Fsp3) is 0.500. The molecule has 13 heavy (non-hydrogen) atoms. The second-order valence-corrected chi connectivity index (χ2v) is 3.53. The van der Waals surface area contributed by atoms with Gasteiger partial charge in [-0.1, -0.05) is 34.7 Å². The van der Waals surface area contributed by atoms with Crippen LogP contribution in [0.15, 0.2) is 12.4 Å². The van der Waals surface area contributed by atoms with E-state index in [1.54, 1.807) is 0 Å². The molecule has 0 atom stereocenters. The molecule has 0 aliphatic rings. The smallest absolute Gasteiger partial charge is 0.0646 e. The number of rotatable bonds is 3. The number of aromatic nitrogens is 2. The maximum absolute atomic E-state index is 4.19. The van der Waals surface area contributed by atoms with Crippen molar-refractivity contribution in [3.63, 3.8) is 0 Å². The first-order valence-electron chi connectivity index (χ1n) is 4.44. The van der Waals surface area contributed by atoms with Crippen LogP contribution in [-0.2, 0) is 6.54 Å². The predicted molar refractivity (Wildman–Crippen MR) is 57.8 cm³/mol. The van der Waals surface area contributed by atoms with Crippen molar-refractivity contribution in [3.8, 4) is 11.8 Å². The second-order valence-electron chi connectivity index (χ2n) is 2.73. The van der Waals surface area contributed by atoms with Gasteiger partial charge in [0.25, 0.3) is 0 Å². The SMILES string of the molecule is CCCn1cc(C#CCCBr)cn1. The molecule has 2 nitrogen and oxygen atoms in total. The van der Waals surface area contributed by atoms with Crippen molar-refractivity contribution in [2.45, 2.75) is 26.3 Å². The molecule has 70 valence electrons. The molecular weight excluding hydrogens is 228 g/mol. The summed E-state index contributed by atoms with van der Waals surface area (Å²) < 4.78 is 1.93. The highest BCUT2D eigenvalue weighted by atomic mass is 79.9. The van der Waals surface area contributed by atoms with Crippen LogP contribution in [0.25, 0.3) is 0 Å². The van der Waals surface area contributed by atoms with Gasteiger partial charge in [-0.25, -0.2) is 0 Å². The lowest BCUT2D eigenvalue weighted by molar-refractivity contribution is 0.602. The molecule has 0 aliphatic heterocycles. The van der Waals surface area contributed by atoms with E-state index in [1.807, 2.05) is 17.1 Å². The number of aryl methyl sites for hydroxylation is 1. The standard InChI is InChI=1S/C10H13BrN2/c1-2-7-13-9-10(8-12-13)5-3-4-6-11/h8-9H,2,4,6-7H2,1H3. The maximum atomic E-state index is 4.19. The summed E-state index contributed by atoms with van der Waals surface area (Å²) in [6.07, 6.45) is 5.80. The Labute approximate surface area is 87.5 Å². The minimum absolute atomic E-state index is 0.888. The Hall–Kier alpha value is -0.750. The lowest BCUT2D eigenvalue weighted by Crippen LogP contribution is -1.95. The van der Waals surface area contributed by atoms with Gasteiger partial charge in [0.2, 0.25) is 0 Å². The third-order valence-corrected chi connectivity index (χ3v) is 1.93. The normalized spacial score (nSPS) is 9.38. The lowest BCUT2D eigenvalue weighted by Gasteiger charge is -1.93. The van der Waals surface area contributed by atoms with Crippen LogP contribution >= 0.6 is 15.9 Å². The Balaban J connectivity index is 2.54. The van der Waals surface area contributed by atoms with Crippen molar-refractivity contribution in [1.82, 2.24) is 9.78 Å². The molecule has 1 rings (SSSR count). The highest BCUT2D eigenvalue weighted by molar-refractivity contribution is 9.09. The van der Waals surface area contributed by atoms with Crippen LogP contribution in [0.2, 0.25) is 0 Å². The quantitative estimate of drug-likeness (QED) is 0.587. The van der Waals surface area contributed by atoms with Crippen LogP contribution in [0, 0.1) is 11.8 Å². The number of nitrogens with zero attached hydrogens (tertiary/aromatic N) is 2. The average molecular weight is 241 g/mol. The second kappa shape index (κ2) is 5.82. The van der Waals surface area contributed by atoms with E-state index < -0.39 is 0 Å². The highest BCUT2D eigenvalue weighted by Crippen LogP contribution is 1.96. The van der Waals surface area contributed by atoms with Gasteiger partial charge in [-0.05, 0) is 6.42 Å². The van der Waals surface area contributed by atoms with Crippen LogP contribution in [0.4, 0.5) is 0 Å². The van der Waals surface area contributed by atoms with E-state index in [2.05, 4.69) is 39.8 Å². The molecule has 0 saturated carbocycles. The first-order valence-corrected chi connectivity index (χ1v) is 5.56. The summed E-state index contributed by atoms with van der Waals surface area (Å²) in [5.41, 5.74) is 1.01. The molecule has 0 fully saturated rings. The van der Waals surface area contributed by atoms with Crippen molar-refractivity contribution < 1.29 is 0 Å². The van der Waals surface area contributed by atoms with Crippen LogP contribution in [0.1, 0.15) is 25.3 Å². The molecule has 0 amide bonds. The van der Waals surface area contributed by atoms with Crippen molar-refractivity contribution in [3.05, 3.63) is 18.0 Å². The Morgan fingerprint density at radius 3 is 3.15 bits per heavy atom. The molecule has 0 aromatic carbocycles. The van der Waals surface area contributed by atoms with Gasteiger partial charge in [-0.2, -0.15) is 5.10 Å². The minimum atomic E-state index is 0.888. The molecular formula is C10H13BrN2. The Bertz CT molecular complexity index is 306. The molecule has 0 unspecified atom stereocenters. The molecule has 0 radical (unpaired) electrons. The van der Waals surface area contributed by atoms with Gasteiger partial charge in [-0.3, -0.25) is 4.68 Å². The third-order valence-electron chi connectivity index (χ3n) is 1.54. The third kappa shape index (κ3) is 3.65. The van der Waals surface area contributed by atoms with Crippen LogP contribution < -0.4 is 0 Å². The minimum Gasteiger partial charge on any atom is -0.271 e. The maximum Gasteiger partial charge on any atom is 0.0646 e. The summed E-state index contributed by atoms with van der Waals surface area (Å²) in [6, 6.07) is 0. The molecule has 0 saturated heterocycles. The molecule has 0 N–H and O–H groups in total. The predicted octanol–water partition coefficient (Wildman–Crippen LogP) is 2.43. The molecule has 0 bridgehead atoms. The number of alkyl halides is 1. The van der Waals surface area contributed by atoms with Crippen LogP contribution in [0.5, 0.6) is 0 Å². The monoisotopic (exact) mass is 240 g/mol. The van der Waals surface area contributed by atoms with Crippen molar-refractivity contribution in [2.24, 2.45) is 0 Å². The molecule has 0 aliphatic carbocycles. The lowest BCUT2D eigenvalue weighted by atomic mass is 10.3. The molecule has 3 heteroatoms. The average Bonchev–Trinajstić information content (AvgIpc) is 2.54. The first kappa shape index (κ1) is 10.3. The molecule has 1 aromatic rings. The molecule has 1 heterocycles. The van der Waals surface area contributed by atoms with Crippen LogP contribution in [0.3, 0.4) is 0 Å². The summed E-state index contributed by atoms with van der Waals surface area (Å²) in [7, 11) is 0. The van der Waals surface area contributed by atoms with Gasteiger partial charge < -0.3 is 0 Å². The largest absolute Gasteiger partial charge is 0.271 e. The van der Waals surface area contributed by atoms with E-state index in [4.69, 9.17) is 0 Å². The number of hydrogen-bond acceptors (Lipinski definition) is 1. The zero-order valence-corrected chi connectivity index (χ0v) is 9.34. The van der Waals surface area contributed by atoms with Gasteiger partial charge in [0, 0.05) is 24.5 Å². The number of halogens is 1. The Morgan fingerprint density at radius 1 is 1.62 bits per heavy atom. The van der Waals surface area contributed by atoms with E-state index in [9.17, 15) is 0 Å². The van der Waals surface area contributed by atoms with E-state index in [-0.39, 0.29) is 0 Å². The Morgan fingerprint density at radius 2 is 2.46 bits per heavy atom. The van der Waals surface area contributed by atoms with Crippen LogP contribution in [-0.4, -0.2) is 15.1 Å². The summed E-state index contributed by atoms with van der Waals surface area (Å²) >= 11 is 3.33. The van der Waals surface area contributed by atoms with Gasteiger partial charge >= 0.3 is 0 Å². The van der Waals surface area contributed by atoms with Crippen molar-refractivity contribution >= 4 is 15.9 Å². The van der Waals surface area contributed by atoms with Gasteiger partial charge in [0.1, 0.15) is 0 Å². The summed E-state index contributed by atoms with van der Waals surface area (Å²) in [4.78, 5) is 0. The topological polar surface area (TPSA) is 17.8 Å². The summed E-state index contributed by atoms with van der Waals surface area (Å²) in [5.74, 6) is 6.12. The fourth-order valence-electron chi connectivity index (χ4n) is 0.991. The summed E-state index contributed by atoms with van der Waals surface area (Å²) in [6.45, 7) is 3.11. The Kier molecular flexibility index (Phi) is 4.63. The number of hydrogen-bond donors (Lipinski definition) is 0. The van der Waals surface area contributed by atoms with E-state index in [1.165, 1.54) is 0 Å². The van der Waals surface area contributed by atoms with E-state index >= 15 is 0 Å². The zero-order chi connectivity index (χ0) is 9.52.